The van der Waals surface area contributed by atoms with Gasteiger partial charge in [0, 0.05) is 29.5 Å². The second-order valence-electron chi connectivity index (χ2n) is 4.50. The molecule has 1 aromatic rings. The molecule has 0 radical (unpaired) electrons. The number of carbonyl (C=O) groups is 2. The van der Waals surface area contributed by atoms with Gasteiger partial charge in [-0.05, 0) is 37.6 Å². The highest BCUT2D eigenvalue weighted by atomic mass is 79.9. The van der Waals surface area contributed by atoms with E-state index in [1.807, 2.05) is 25.1 Å². The molecule has 4 N–H and O–H groups in total. The van der Waals surface area contributed by atoms with Gasteiger partial charge in [-0.2, -0.15) is 0 Å². The monoisotopic (exact) mass is 377 g/mol. The summed E-state index contributed by atoms with van der Waals surface area (Å²) in [5.74, 6) is -0.188. The minimum atomic E-state index is -0.120. The van der Waals surface area contributed by atoms with Crippen molar-refractivity contribution >= 4 is 45.8 Å². The van der Waals surface area contributed by atoms with Crippen LogP contribution in [0.2, 0.25) is 0 Å². The van der Waals surface area contributed by atoms with E-state index < -0.39 is 0 Å². The van der Waals surface area contributed by atoms with Crippen LogP contribution < -0.4 is 16.4 Å². The third kappa shape index (κ3) is 8.04. The number of nitrogens with one attached hydrogen (secondary N) is 2. The van der Waals surface area contributed by atoms with Crippen molar-refractivity contribution in [2.45, 2.75) is 26.2 Å². The van der Waals surface area contributed by atoms with Crippen molar-refractivity contribution in [1.82, 2.24) is 5.32 Å². The number of aryl methyl sites for hydroxylation is 1. The van der Waals surface area contributed by atoms with Gasteiger partial charge >= 0.3 is 0 Å². The van der Waals surface area contributed by atoms with Crippen molar-refractivity contribution in [1.29, 1.82) is 0 Å². The topological polar surface area (TPSA) is 84.2 Å². The summed E-state index contributed by atoms with van der Waals surface area (Å²) in [5, 5.41) is 5.52. The Labute approximate surface area is 139 Å². The predicted octanol–water partition coefficient (Wildman–Crippen LogP) is 2.36. The average molecular weight is 379 g/mol. The molecule has 0 saturated heterocycles. The lowest BCUT2D eigenvalue weighted by Gasteiger charge is -2.09. The highest BCUT2D eigenvalue weighted by Gasteiger charge is 2.06. The van der Waals surface area contributed by atoms with Crippen LogP contribution >= 0.6 is 28.3 Å². The third-order valence-electron chi connectivity index (χ3n) is 2.76. The smallest absolute Gasteiger partial charge is 0.226 e. The van der Waals surface area contributed by atoms with Gasteiger partial charge < -0.3 is 16.4 Å². The van der Waals surface area contributed by atoms with Gasteiger partial charge in [0.15, 0.2) is 0 Å². The molecule has 0 aliphatic heterocycles. The van der Waals surface area contributed by atoms with Crippen LogP contribution in [-0.2, 0) is 9.59 Å². The van der Waals surface area contributed by atoms with Crippen LogP contribution in [0.1, 0.15) is 24.8 Å². The summed E-state index contributed by atoms with van der Waals surface area (Å²) in [6, 6.07) is 5.70. The van der Waals surface area contributed by atoms with E-state index >= 15 is 0 Å². The number of hydrogen-bond donors (Lipinski definition) is 3. The van der Waals surface area contributed by atoms with Crippen LogP contribution in [0.3, 0.4) is 0 Å². The summed E-state index contributed by atoms with van der Waals surface area (Å²) >= 11 is 3.36. The van der Waals surface area contributed by atoms with E-state index in [0.29, 0.717) is 25.9 Å². The molecule has 1 aromatic carbocycles. The molecule has 2 amide bonds. The molecule has 0 spiro atoms. The lowest BCUT2D eigenvalue weighted by molar-refractivity contribution is -0.121. The number of amides is 2. The van der Waals surface area contributed by atoms with Crippen LogP contribution in [0, 0.1) is 6.92 Å². The van der Waals surface area contributed by atoms with Gasteiger partial charge in [0.1, 0.15) is 0 Å². The molecule has 5 nitrogen and oxygen atoms in total. The number of rotatable bonds is 7. The van der Waals surface area contributed by atoms with E-state index in [1.165, 1.54) is 0 Å². The minimum absolute atomic E-state index is 0. The Kier molecular flexibility index (Phi) is 10.0. The second kappa shape index (κ2) is 10.6. The minimum Gasteiger partial charge on any atom is -0.356 e. The lowest BCUT2D eigenvalue weighted by atomic mass is 10.2. The van der Waals surface area contributed by atoms with Gasteiger partial charge in [0.25, 0.3) is 0 Å². The van der Waals surface area contributed by atoms with Crippen molar-refractivity contribution in [3.63, 3.8) is 0 Å². The number of anilines is 1. The zero-order valence-corrected chi connectivity index (χ0v) is 14.4. The fourth-order valence-electron chi connectivity index (χ4n) is 1.61. The maximum Gasteiger partial charge on any atom is 0.226 e. The number of carbonyl (C=O) groups excluding carboxylic acids is 2. The molecule has 0 unspecified atom stereocenters. The third-order valence-corrected chi connectivity index (χ3v) is 3.25. The molecule has 0 fully saturated rings. The van der Waals surface area contributed by atoms with Gasteiger partial charge in [0.2, 0.25) is 11.8 Å². The van der Waals surface area contributed by atoms with Crippen LogP contribution in [-0.4, -0.2) is 24.9 Å². The Balaban J connectivity index is 0.00000400. The van der Waals surface area contributed by atoms with Crippen molar-refractivity contribution in [2.75, 3.05) is 18.4 Å². The molecule has 0 atom stereocenters. The molecular weight excluding hydrogens is 358 g/mol. The zero-order valence-electron chi connectivity index (χ0n) is 11.9. The van der Waals surface area contributed by atoms with Crippen LogP contribution in [0.15, 0.2) is 22.7 Å². The summed E-state index contributed by atoms with van der Waals surface area (Å²) in [6.45, 7) is 2.76. The van der Waals surface area contributed by atoms with Crippen molar-refractivity contribution in [2.24, 2.45) is 5.73 Å². The Morgan fingerprint density at radius 1 is 1.24 bits per heavy atom. The molecule has 0 bridgehead atoms. The Morgan fingerprint density at radius 3 is 2.62 bits per heavy atom. The van der Waals surface area contributed by atoms with E-state index in [2.05, 4.69) is 26.6 Å². The first-order chi connectivity index (χ1) is 9.52. The molecule has 0 aromatic heterocycles. The largest absolute Gasteiger partial charge is 0.356 e. The van der Waals surface area contributed by atoms with E-state index in [4.69, 9.17) is 5.73 Å². The molecular formula is C14H21BrClN3O2. The number of benzene rings is 1. The first-order valence-electron chi connectivity index (χ1n) is 6.55. The van der Waals surface area contributed by atoms with Crippen molar-refractivity contribution in [3.05, 3.63) is 28.2 Å². The molecule has 0 aliphatic rings. The maximum absolute atomic E-state index is 11.8. The van der Waals surface area contributed by atoms with Crippen molar-refractivity contribution in [3.8, 4) is 0 Å². The quantitative estimate of drug-likeness (QED) is 0.681. The SMILES string of the molecule is Cc1ccc(Br)cc1NC(=O)CCNC(=O)CCCN.Cl. The van der Waals surface area contributed by atoms with Crippen molar-refractivity contribution < 1.29 is 9.59 Å². The number of hydrogen-bond acceptors (Lipinski definition) is 3. The summed E-state index contributed by atoms with van der Waals surface area (Å²) < 4.78 is 0.911. The molecule has 1 rings (SSSR count). The number of halogens is 2. The molecule has 0 heterocycles. The maximum atomic E-state index is 11.8. The molecule has 118 valence electrons. The standard InChI is InChI=1S/C14H20BrN3O2.ClH/c1-10-4-5-11(15)9-12(10)18-14(20)6-8-17-13(19)3-2-7-16;/h4-5,9H,2-3,6-8,16H2,1H3,(H,17,19)(H,18,20);1H. The Bertz CT molecular complexity index is 483. The normalized spacial score (nSPS) is 9.67. The molecule has 0 saturated carbocycles. The van der Waals surface area contributed by atoms with Gasteiger partial charge in [-0.1, -0.05) is 22.0 Å². The predicted molar refractivity (Wildman–Crippen MR) is 90.7 cm³/mol. The highest BCUT2D eigenvalue weighted by Crippen LogP contribution is 2.20. The first kappa shape index (κ1) is 19.9. The lowest BCUT2D eigenvalue weighted by Crippen LogP contribution is -2.28. The summed E-state index contributed by atoms with van der Waals surface area (Å²) in [4.78, 5) is 23.1. The Hall–Kier alpha value is -1.11. The average Bonchev–Trinajstić information content (AvgIpc) is 2.40. The van der Waals surface area contributed by atoms with Gasteiger partial charge in [-0.3, -0.25) is 9.59 Å². The van der Waals surface area contributed by atoms with Crippen LogP contribution in [0.5, 0.6) is 0 Å². The van der Waals surface area contributed by atoms with E-state index in [-0.39, 0.29) is 30.6 Å². The van der Waals surface area contributed by atoms with Gasteiger partial charge in [0.05, 0.1) is 0 Å². The summed E-state index contributed by atoms with van der Waals surface area (Å²) in [7, 11) is 0. The van der Waals surface area contributed by atoms with Crippen LogP contribution in [0.4, 0.5) is 5.69 Å². The molecule has 7 heteroatoms. The number of nitrogens with two attached hydrogens (primary N) is 1. The second-order valence-corrected chi connectivity index (χ2v) is 5.42. The van der Waals surface area contributed by atoms with E-state index in [0.717, 1.165) is 15.7 Å². The van der Waals surface area contributed by atoms with E-state index in [9.17, 15) is 9.59 Å². The first-order valence-corrected chi connectivity index (χ1v) is 7.35. The van der Waals surface area contributed by atoms with Gasteiger partial charge in [-0.15, -0.1) is 12.4 Å². The van der Waals surface area contributed by atoms with Crippen LogP contribution in [0.25, 0.3) is 0 Å². The molecule has 21 heavy (non-hydrogen) atoms. The Morgan fingerprint density at radius 2 is 1.95 bits per heavy atom. The zero-order chi connectivity index (χ0) is 15.0. The molecule has 0 aliphatic carbocycles. The fourth-order valence-corrected chi connectivity index (χ4v) is 1.97. The van der Waals surface area contributed by atoms with E-state index in [1.54, 1.807) is 0 Å². The van der Waals surface area contributed by atoms with Gasteiger partial charge in [-0.25, -0.2) is 0 Å². The fraction of sp³-hybridized carbons (Fsp3) is 0.429. The summed E-state index contributed by atoms with van der Waals surface area (Å²) in [6.07, 6.45) is 1.32. The highest BCUT2D eigenvalue weighted by molar-refractivity contribution is 9.10. The summed E-state index contributed by atoms with van der Waals surface area (Å²) in [5.41, 5.74) is 7.09.